The third-order valence-corrected chi connectivity index (χ3v) is 5.74. The van der Waals surface area contributed by atoms with Crippen LogP contribution in [0.25, 0.3) is 0 Å². The van der Waals surface area contributed by atoms with E-state index in [1.807, 2.05) is 11.3 Å². The van der Waals surface area contributed by atoms with Gasteiger partial charge >= 0.3 is 0 Å². The minimum Gasteiger partial charge on any atom is -0.379 e. The number of morpholine rings is 1. The number of benzene rings is 1. The monoisotopic (exact) mass is 518 g/mol. The summed E-state index contributed by atoms with van der Waals surface area (Å²) in [7, 11) is 1.76. The van der Waals surface area contributed by atoms with Crippen molar-refractivity contribution >= 4 is 41.3 Å². The van der Waals surface area contributed by atoms with Gasteiger partial charge in [-0.15, -0.1) is 35.3 Å². The molecular weight excluding hydrogens is 490 g/mol. The highest BCUT2D eigenvalue weighted by atomic mass is 127. The third kappa shape index (κ3) is 6.68. The molecule has 0 saturated carbocycles. The number of halogens is 2. The lowest BCUT2D eigenvalue weighted by atomic mass is 10.2. The van der Waals surface area contributed by atoms with Crippen LogP contribution in [0, 0.1) is 12.7 Å². The van der Waals surface area contributed by atoms with Crippen LogP contribution < -0.4 is 10.6 Å². The Morgan fingerprint density at radius 3 is 2.50 bits per heavy atom. The second-order valence-corrected chi connectivity index (χ2v) is 7.87. The molecule has 0 radical (unpaired) electrons. The van der Waals surface area contributed by atoms with E-state index in [1.165, 1.54) is 21.9 Å². The molecule has 5 nitrogen and oxygen atoms in total. The van der Waals surface area contributed by atoms with E-state index in [0.29, 0.717) is 6.54 Å². The van der Waals surface area contributed by atoms with Gasteiger partial charge in [-0.3, -0.25) is 9.89 Å². The normalized spacial score (nSPS) is 16.3. The average molecular weight is 518 g/mol. The topological polar surface area (TPSA) is 48.9 Å². The smallest absolute Gasteiger partial charge is 0.191 e. The van der Waals surface area contributed by atoms with Crippen molar-refractivity contribution < 1.29 is 9.13 Å². The third-order valence-electron chi connectivity index (χ3n) is 4.64. The van der Waals surface area contributed by atoms with E-state index >= 15 is 0 Å². The second-order valence-electron chi connectivity index (χ2n) is 6.55. The van der Waals surface area contributed by atoms with Gasteiger partial charge in [0.05, 0.1) is 19.3 Å². The van der Waals surface area contributed by atoms with E-state index in [9.17, 15) is 4.39 Å². The number of guanidine groups is 1. The second kappa shape index (κ2) is 11.7. The summed E-state index contributed by atoms with van der Waals surface area (Å²) in [5.74, 6) is 0.520. The van der Waals surface area contributed by atoms with Crippen molar-refractivity contribution in [3.05, 3.63) is 57.5 Å². The molecule has 1 atom stereocenters. The van der Waals surface area contributed by atoms with Crippen LogP contribution in [0.4, 0.5) is 4.39 Å². The Kier molecular flexibility index (Phi) is 9.63. The largest absolute Gasteiger partial charge is 0.379 e. The van der Waals surface area contributed by atoms with Crippen LogP contribution in [-0.2, 0) is 11.3 Å². The SMILES string of the molecule is CN=C(NCc1ccc(F)cc1)NCC(c1ccc(C)s1)N1CCOCC1.I. The lowest BCUT2D eigenvalue weighted by Gasteiger charge is -2.34. The summed E-state index contributed by atoms with van der Waals surface area (Å²) in [6, 6.07) is 11.2. The first kappa shape index (κ1) is 23.1. The summed E-state index contributed by atoms with van der Waals surface area (Å²) in [4.78, 5) is 9.46. The van der Waals surface area contributed by atoms with Gasteiger partial charge in [-0.25, -0.2) is 4.39 Å². The molecule has 1 aliphatic rings. The number of nitrogens with zero attached hydrogens (tertiary/aromatic N) is 2. The van der Waals surface area contributed by atoms with Crippen molar-refractivity contribution in [2.45, 2.75) is 19.5 Å². The Hall–Kier alpha value is -1.23. The Morgan fingerprint density at radius 2 is 1.89 bits per heavy atom. The van der Waals surface area contributed by atoms with E-state index in [0.717, 1.165) is 44.4 Å². The lowest BCUT2D eigenvalue weighted by Crippen LogP contribution is -2.46. The maximum Gasteiger partial charge on any atom is 0.191 e. The maximum atomic E-state index is 13.0. The van der Waals surface area contributed by atoms with E-state index in [1.54, 1.807) is 19.2 Å². The van der Waals surface area contributed by atoms with Gasteiger partial charge in [0.2, 0.25) is 0 Å². The van der Waals surface area contributed by atoms with Gasteiger partial charge in [-0.05, 0) is 36.8 Å². The molecule has 0 amide bonds. The van der Waals surface area contributed by atoms with E-state index < -0.39 is 0 Å². The standard InChI is InChI=1S/C20H27FN4OS.HI/c1-15-3-8-19(27-15)18(25-9-11-26-12-10-25)14-24-20(22-2)23-13-16-4-6-17(21)7-5-16;/h3-8,18H,9-14H2,1-2H3,(H2,22,23,24);1H. The van der Waals surface area contributed by atoms with E-state index in [4.69, 9.17) is 4.74 Å². The Bertz CT molecular complexity index is 747. The zero-order valence-corrected chi connectivity index (χ0v) is 19.4. The van der Waals surface area contributed by atoms with Crippen LogP contribution in [0.15, 0.2) is 41.4 Å². The highest BCUT2D eigenvalue weighted by Crippen LogP contribution is 2.27. The number of hydrogen-bond donors (Lipinski definition) is 2. The van der Waals surface area contributed by atoms with Crippen LogP contribution in [-0.4, -0.2) is 50.8 Å². The minimum atomic E-state index is -0.221. The Balaban J connectivity index is 0.00000280. The van der Waals surface area contributed by atoms with Crippen LogP contribution in [0.3, 0.4) is 0 Å². The molecule has 154 valence electrons. The fraction of sp³-hybridized carbons (Fsp3) is 0.450. The van der Waals surface area contributed by atoms with Crippen molar-refractivity contribution in [1.82, 2.24) is 15.5 Å². The molecule has 2 aromatic rings. The summed E-state index contributed by atoms with van der Waals surface area (Å²) < 4.78 is 18.5. The number of thiophene rings is 1. The summed E-state index contributed by atoms with van der Waals surface area (Å²) in [5, 5.41) is 6.74. The highest BCUT2D eigenvalue weighted by molar-refractivity contribution is 14.0. The predicted octanol–water partition coefficient (Wildman–Crippen LogP) is 3.55. The van der Waals surface area contributed by atoms with Crippen molar-refractivity contribution in [3.8, 4) is 0 Å². The number of aryl methyl sites for hydroxylation is 1. The van der Waals surface area contributed by atoms with E-state index in [2.05, 4.69) is 39.6 Å². The van der Waals surface area contributed by atoms with E-state index in [-0.39, 0.29) is 35.8 Å². The van der Waals surface area contributed by atoms with Crippen molar-refractivity contribution in [2.75, 3.05) is 39.9 Å². The first-order valence-corrected chi connectivity index (χ1v) is 10.0. The minimum absolute atomic E-state index is 0. The summed E-state index contributed by atoms with van der Waals surface area (Å²) in [5.41, 5.74) is 1.01. The molecule has 1 unspecified atom stereocenters. The number of ether oxygens (including phenoxy) is 1. The molecule has 1 aliphatic heterocycles. The van der Waals surface area contributed by atoms with Crippen LogP contribution >= 0.6 is 35.3 Å². The van der Waals surface area contributed by atoms with Crippen LogP contribution in [0.1, 0.15) is 21.4 Å². The van der Waals surface area contributed by atoms with Gasteiger partial charge in [0.25, 0.3) is 0 Å². The number of hydrogen-bond acceptors (Lipinski definition) is 4. The summed E-state index contributed by atoms with van der Waals surface area (Å²) in [6.45, 7) is 6.93. The highest BCUT2D eigenvalue weighted by Gasteiger charge is 2.24. The number of aliphatic imine (C=N–C) groups is 1. The predicted molar refractivity (Wildman–Crippen MR) is 124 cm³/mol. The average Bonchev–Trinajstić information content (AvgIpc) is 3.12. The summed E-state index contributed by atoms with van der Waals surface area (Å²) in [6.07, 6.45) is 0. The molecule has 1 aromatic heterocycles. The van der Waals surface area contributed by atoms with Crippen molar-refractivity contribution in [2.24, 2.45) is 4.99 Å². The molecule has 1 aromatic carbocycles. The van der Waals surface area contributed by atoms with Gasteiger partial charge in [-0.2, -0.15) is 0 Å². The number of nitrogens with one attached hydrogen (secondary N) is 2. The molecule has 2 heterocycles. The molecule has 1 fully saturated rings. The summed E-state index contributed by atoms with van der Waals surface area (Å²) >= 11 is 1.84. The molecule has 0 aliphatic carbocycles. The Morgan fingerprint density at radius 1 is 1.18 bits per heavy atom. The zero-order chi connectivity index (χ0) is 19.1. The fourth-order valence-electron chi connectivity index (χ4n) is 3.13. The van der Waals surface area contributed by atoms with Crippen molar-refractivity contribution in [3.63, 3.8) is 0 Å². The van der Waals surface area contributed by atoms with Gasteiger partial charge in [-0.1, -0.05) is 12.1 Å². The van der Waals surface area contributed by atoms with Gasteiger partial charge < -0.3 is 15.4 Å². The molecule has 1 saturated heterocycles. The molecule has 3 rings (SSSR count). The Labute approximate surface area is 187 Å². The zero-order valence-electron chi connectivity index (χ0n) is 16.3. The number of rotatable bonds is 6. The van der Waals surface area contributed by atoms with Crippen molar-refractivity contribution in [1.29, 1.82) is 0 Å². The molecule has 2 N–H and O–H groups in total. The quantitative estimate of drug-likeness (QED) is 0.349. The maximum absolute atomic E-state index is 13.0. The molecule has 28 heavy (non-hydrogen) atoms. The van der Waals surface area contributed by atoms with Gasteiger partial charge in [0, 0.05) is 43.0 Å². The first-order chi connectivity index (χ1) is 13.2. The molecule has 8 heteroatoms. The van der Waals surface area contributed by atoms with Crippen LogP contribution in [0.2, 0.25) is 0 Å². The fourth-order valence-corrected chi connectivity index (χ4v) is 4.15. The van der Waals surface area contributed by atoms with Gasteiger partial charge in [0.15, 0.2) is 5.96 Å². The van der Waals surface area contributed by atoms with Crippen LogP contribution in [0.5, 0.6) is 0 Å². The molecule has 0 bridgehead atoms. The first-order valence-electron chi connectivity index (χ1n) is 9.23. The molecule has 0 spiro atoms. The van der Waals surface area contributed by atoms with Gasteiger partial charge in [0.1, 0.15) is 5.82 Å². The lowest BCUT2D eigenvalue weighted by molar-refractivity contribution is 0.0177. The molecular formula is C20H28FIN4OS.